The van der Waals surface area contributed by atoms with Crippen LogP contribution in [0.5, 0.6) is 17.2 Å². The summed E-state index contributed by atoms with van der Waals surface area (Å²) < 4.78 is 10.4. The number of carbonyl (C=O) groups excluding carboxylic acids is 2. The third-order valence-corrected chi connectivity index (χ3v) is 3.81. The van der Waals surface area contributed by atoms with Gasteiger partial charge in [-0.1, -0.05) is 18.7 Å². The average molecular weight is 348 g/mol. The van der Waals surface area contributed by atoms with Crippen molar-refractivity contribution in [2.75, 3.05) is 0 Å². The number of phenolic OH excluding ortho intramolecular Hbond substituents is 1. The molecule has 5 nitrogen and oxygen atoms in total. The zero-order valence-electron chi connectivity index (χ0n) is 14.1. The molecular formula is C21H16O5. The standard InChI is InChI=1S/C21H16O5/c1-3-20(23)25-18-7-6-14-11-16(5-4-15(14)12-18)21(24)26-17-8-9-19(22)13(2)10-17/h3-12,22H,1H2,2H3. The molecule has 0 atom stereocenters. The van der Waals surface area contributed by atoms with Gasteiger partial charge in [-0.05, 0) is 65.7 Å². The van der Waals surface area contributed by atoms with Crippen molar-refractivity contribution in [2.45, 2.75) is 6.92 Å². The molecule has 0 amide bonds. The van der Waals surface area contributed by atoms with E-state index in [-0.39, 0.29) is 5.75 Å². The summed E-state index contributed by atoms with van der Waals surface area (Å²) in [5.41, 5.74) is 1.01. The predicted molar refractivity (Wildman–Crippen MR) is 97.6 cm³/mol. The molecular weight excluding hydrogens is 332 g/mol. The molecule has 0 saturated heterocycles. The van der Waals surface area contributed by atoms with Crippen LogP contribution in [0, 0.1) is 6.92 Å². The van der Waals surface area contributed by atoms with Crippen molar-refractivity contribution in [1.29, 1.82) is 0 Å². The lowest BCUT2D eigenvalue weighted by Gasteiger charge is -2.08. The summed E-state index contributed by atoms with van der Waals surface area (Å²) >= 11 is 0. The van der Waals surface area contributed by atoms with Gasteiger partial charge in [-0.25, -0.2) is 9.59 Å². The normalized spacial score (nSPS) is 10.3. The third-order valence-electron chi connectivity index (χ3n) is 3.81. The van der Waals surface area contributed by atoms with E-state index >= 15 is 0 Å². The predicted octanol–water partition coefficient (Wildman–Crippen LogP) is 4.16. The lowest BCUT2D eigenvalue weighted by molar-refractivity contribution is -0.128. The summed E-state index contributed by atoms with van der Waals surface area (Å²) in [6.07, 6.45) is 1.09. The lowest BCUT2D eigenvalue weighted by atomic mass is 10.1. The molecule has 0 unspecified atom stereocenters. The van der Waals surface area contributed by atoms with Gasteiger partial charge in [-0.15, -0.1) is 0 Å². The second-order valence-corrected chi connectivity index (χ2v) is 5.69. The van der Waals surface area contributed by atoms with E-state index in [1.807, 2.05) is 0 Å². The van der Waals surface area contributed by atoms with Crippen LogP contribution in [0.2, 0.25) is 0 Å². The number of fused-ring (bicyclic) bond motifs is 1. The first-order valence-electron chi connectivity index (χ1n) is 7.86. The minimum Gasteiger partial charge on any atom is -0.508 e. The molecule has 0 bridgehead atoms. The Morgan fingerprint density at radius 3 is 2.31 bits per heavy atom. The number of hydrogen-bond acceptors (Lipinski definition) is 5. The molecule has 0 heterocycles. The van der Waals surface area contributed by atoms with Crippen LogP contribution in [0.15, 0.2) is 67.3 Å². The van der Waals surface area contributed by atoms with Gasteiger partial charge in [0.1, 0.15) is 17.2 Å². The summed E-state index contributed by atoms with van der Waals surface area (Å²) in [5, 5.41) is 11.2. The molecule has 0 spiro atoms. The van der Waals surface area contributed by atoms with Crippen molar-refractivity contribution in [1.82, 2.24) is 0 Å². The van der Waals surface area contributed by atoms with E-state index in [1.54, 1.807) is 49.4 Å². The molecule has 3 rings (SSSR count). The van der Waals surface area contributed by atoms with E-state index in [9.17, 15) is 14.7 Å². The first-order valence-corrected chi connectivity index (χ1v) is 7.86. The first kappa shape index (κ1) is 17.2. The van der Waals surface area contributed by atoms with Gasteiger partial charge < -0.3 is 14.6 Å². The minimum absolute atomic E-state index is 0.142. The molecule has 3 aromatic rings. The molecule has 0 aliphatic heterocycles. The van der Waals surface area contributed by atoms with Crippen molar-refractivity contribution in [2.24, 2.45) is 0 Å². The Labute approximate surface area is 150 Å². The fourth-order valence-corrected chi connectivity index (χ4v) is 2.43. The molecule has 0 aromatic heterocycles. The zero-order chi connectivity index (χ0) is 18.7. The molecule has 5 heteroatoms. The Morgan fingerprint density at radius 2 is 1.58 bits per heavy atom. The van der Waals surface area contributed by atoms with E-state index in [0.29, 0.717) is 22.6 Å². The molecule has 0 radical (unpaired) electrons. The Kier molecular flexibility index (Phi) is 4.71. The van der Waals surface area contributed by atoms with Crippen molar-refractivity contribution >= 4 is 22.7 Å². The van der Waals surface area contributed by atoms with Crippen LogP contribution in [0.4, 0.5) is 0 Å². The average Bonchev–Trinajstić information content (AvgIpc) is 2.64. The maximum atomic E-state index is 12.3. The van der Waals surface area contributed by atoms with Crippen molar-refractivity contribution < 1.29 is 24.2 Å². The highest BCUT2D eigenvalue weighted by atomic mass is 16.5. The number of rotatable bonds is 4. The molecule has 3 aromatic carbocycles. The first-order chi connectivity index (χ1) is 12.5. The minimum atomic E-state index is -0.534. The monoisotopic (exact) mass is 348 g/mol. The van der Waals surface area contributed by atoms with Gasteiger partial charge in [-0.2, -0.15) is 0 Å². The lowest BCUT2D eigenvalue weighted by Crippen LogP contribution is -2.08. The van der Waals surface area contributed by atoms with Gasteiger partial charge in [0.05, 0.1) is 5.56 Å². The van der Waals surface area contributed by atoms with Crippen molar-refractivity contribution in [3.63, 3.8) is 0 Å². The molecule has 0 aliphatic rings. The van der Waals surface area contributed by atoms with Crippen LogP contribution in [-0.2, 0) is 4.79 Å². The van der Waals surface area contributed by atoms with Crippen LogP contribution in [0.1, 0.15) is 15.9 Å². The topological polar surface area (TPSA) is 72.8 Å². The fourth-order valence-electron chi connectivity index (χ4n) is 2.43. The van der Waals surface area contributed by atoms with E-state index in [2.05, 4.69) is 6.58 Å². The van der Waals surface area contributed by atoms with Crippen LogP contribution >= 0.6 is 0 Å². The number of ether oxygens (including phenoxy) is 2. The quantitative estimate of drug-likeness (QED) is 0.435. The molecule has 130 valence electrons. The van der Waals surface area contributed by atoms with Crippen LogP contribution in [0.3, 0.4) is 0 Å². The Balaban J connectivity index is 1.82. The summed E-state index contributed by atoms with van der Waals surface area (Å²) in [7, 11) is 0. The van der Waals surface area contributed by atoms with Crippen LogP contribution in [0.25, 0.3) is 10.8 Å². The molecule has 0 aliphatic carbocycles. The summed E-state index contributed by atoms with van der Waals surface area (Å²) in [4.78, 5) is 23.6. The molecule has 0 fully saturated rings. The second kappa shape index (κ2) is 7.11. The Bertz CT molecular complexity index is 1020. The Morgan fingerprint density at radius 1 is 0.923 bits per heavy atom. The number of phenols is 1. The van der Waals surface area contributed by atoms with Gasteiger partial charge >= 0.3 is 11.9 Å². The van der Waals surface area contributed by atoms with E-state index < -0.39 is 11.9 Å². The van der Waals surface area contributed by atoms with Crippen molar-refractivity contribution in [3.8, 4) is 17.2 Å². The Hall–Kier alpha value is -3.60. The SMILES string of the molecule is C=CC(=O)Oc1ccc2cc(C(=O)Oc3ccc(O)c(C)c3)ccc2c1. The number of benzene rings is 3. The van der Waals surface area contributed by atoms with Crippen LogP contribution < -0.4 is 9.47 Å². The van der Waals surface area contributed by atoms with Crippen molar-refractivity contribution in [3.05, 3.63) is 78.4 Å². The van der Waals surface area contributed by atoms with E-state index in [4.69, 9.17) is 9.47 Å². The highest BCUT2D eigenvalue weighted by Crippen LogP contribution is 2.25. The smallest absolute Gasteiger partial charge is 0.343 e. The summed E-state index contributed by atoms with van der Waals surface area (Å²) in [6.45, 7) is 5.08. The van der Waals surface area contributed by atoms with Gasteiger partial charge in [0, 0.05) is 6.08 Å². The zero-order valence-corrected chi connectivity index (χ0v) is 14.1. The van der Waals surface area contributed by atoms with Gasteiger partial charge in [0.15, 0.2) is 0 Å². The number of esters is 2. The highest BCUT2D eigenvalue weighted by Gasteiger charge is 2.11. The fraction of sp³-hybridized carbons (Fsp3) is 0.0476. The number of hydrogen-bond donors (Lipinski definition) is 1. The van der Waals surface area contributed by atoms with E-state index in [1.165, 1.54) is 12.1 Å². The molecule has 1 N–H and O–H groups in total. The summed E-state index contributed by atoms with van der Waals surface area (Å²) in [6, 6.07) is 14.8. The largest absolute Gasteiger partial charge is 0.508 e. The number of aryl methyl sites for hydroxylation is 1. The van der Waals surface area contributed by atoms with Gasteiger partial charge in [0.2, 0.25) is 0 Å². The van der Waals surface area contributed by atoms with Gasteiger partial charge in [0.25, 0.3) is 0 Å². The van der Waals surface area contributed by atoms with Crippen LogP contribution in [-0.4, -0.2) is 17.0 Å². The second-order valence-electron chi connectivity index (χ2n) is 5.69. The van der Waals surface area contributed by atoms with E-state index in [0.717, 1.165) is 16.8 Å². The number of carbonyl (C=O) groups is 2. The number of aromatic hydroxyl groups is 1. The third kappa shape index (κ3) is 3.72. The maximum Gasteiger partial charge on any atom is 0.343 e. The summed E-state index contributed by atoms with van der Waals surface area (Å²) in [5.74, 6) is -0.134. The maximum absolute atomic E-state index is 12.3. The van der Waals surface area contributed by atoms with Gasteiger partial charge in [-0.3, -0.25) is 0 Å². The highest BCUT2D eigenvalue weighted by molar-refractivity contribution is 5.97. The molecule has 26 heavy (non-hydrogen) atoms. The molecule has 0 saturated carbocycles.